The smallest absolute Gasteiger partial charge is 0.134 e. The summed E-state index contributed by atoms with van der Waals surface area (Å²) < 4.78 is 24.0. The lowest BCUT2D eigenvalue weighted by atomic mass is 9.98. The van der Waals surface area contributed by atoms with Crippen molar-refractivity contribution in [2.24, 2.45) is 11.8 Å². The van der Waals surface area contributed by atoms with Crippen LogP contribution in [0.2, 0.25) is 0 Å². The van der Waals surface area contributed by atoms with Gasteiger partial charge in [0.2, 0.25) is 0 Å². The normalized spacial score (nSPS) is 13.6. The van der Waals surface area contributed by atoms with Crippen molar-refractivity contribution in [3.05, 3.63) is 23.3 Å². The van der Waals surface area contributed by atoms with Gasteiger partial charge < -0.3 is 14.0 Å². The molecule has 1 aromatic carbocycles. The summed E-state index contributed by atoms with van der Waals surface area (Å²) in [5.41, 5.74) is 2.06. The molecule has 0 saturated carbocycles. The Hall–Kier alpha value is -0.870. The Morgan fingerprint density at radius 3 is 2.41 bits per heavy atom. The summed E-state index contributed by atoms with van der Waals surface area (Å²) in [6.07, 6.45) is 6.98. The SMILES string of the molecule is CCCC[S+]([O-])Cc1cc(OC)c(C)cc1OCCC(C)CCCC(C)C. The van der Waals surface area contributed by atoms with E-state index in [-0.39, 0.29) is 0 Å². The highest BCUT2D eigenvalue weighted by Crippen LogP contribution is 2.30. The summed E-state index contributed by atoms with van der Waals surface area (Å²) in [5, 5.41) is 0. The first-order valence-corrected chi connectivity index (χ1v) is 12.0. The van der Waals surface area contributed by atoms with Crippen LogP contribution in [0.5, 0.6) is 11.5 Å². The van der Waals surface area contributed by atoms with Crippen LogP contribution in [-0.2, 0) is 16.9 Å². The van der Waals surface area contributed by atoms with Gasteiger partial charge in [-0.2, -0.15) is 0 Å². The highest BCUT2D eigenvalue weighted by Gasteiger charge is 2.16. The molecular weight excluding hydrogens is 356 g/mol. The fraction of sp³-hybridized carbons (Fsp3) is 0.739. The molecule has 0 aliphatic rings. The minimum Gasteiger partial charge on any atom is -0.616 e. The van der Waals surface area contributed by atoms with E-state index in [2.05, 4.69) is 27.7 Å². The predicted octanol–water partition coefficient (Wildman–Crippen LogP) is 6.28. The molecule has 0 bridgehead atoms. The molecule has 1 aromatic rings. The number of benzene rings is 1. The molecule has 0 N–H and O–H groups in total. The lowest BCUT2D eigenvalue weighted by Gasteiger charge is -2.18. The van der Waals surface area contributed by atoms with Gasteiger partial charge in [0.25, 0.3) is 0 Å². The molecule has 2 atom stereocenters. The Balaban J connectivity index is 2.64. The summed E-state index contributed by atoms with van der Waals surface area (Å²) in [6.45, 7) is 11.7. The summed E-state index contributed by atoms with van der Waals surface area (Å²) in [6, 6.07) is 4.04. The molecular formula is C23H40O3S. The van der Waals surface area contributed by atoms with Gasteiger partial charge in [-0.3, -0.25) is 0 Å². The minimum absolute atomic E-state index is 0.538. The average molecular weight is 397 g/mol. The fourth-order valence-corrected chi connectivity index (χ4v) is 4.44. The second-order valence-electron chi connectivity index (χ2n) is 8.14. The van der Waals surface area contributed by atoms with Crippen molar-refractivity contribution >= 4 is 11.2 Å². The van der Waals surface area contributed by atoms with Gasteiger partial charge in [-0.25, -0.2) is 0 Å². The number of aryl methyl sites for hydroxylation is 1. The monoisotopic (exact) mass is 396 g/mol. The highest BCUT2D eigenvalue weighted by molar-refractivity contribution is 7.90. The number of methoxy groups -OCH3 is 1. The Kier molecular flexibility index (Phi) is 11.9. The Morgan fingerprint density at radius 2 is 1.78 bits per heavy atom. The molecule has 0 heterocycles. The van der Waals surface area contributed by atoms with Gasteiger partial charge in [0.1, 0.15) is 23.0 Å². The quantitative estimate of drug-likeness (QED) is 0.347. The van der Waals surface area contributed by atoms with Crippen molar-refractivity contribution in [1.82, 2.24) is 0 Å². The average Bonchev–Trinajstić information content (AvgIpc) is 2.61. The molecule has 0 radical (unpaired) electrons. The molecule has 156 valence electrons. The van der Waals surface area contributed by atoms with Gasteiger partial charge in [-0.1, -0.05) is 53.4 Å². The van der Waals surface area contributed by atoms with E-state index in [0.717, 1.165) is 53.6 Å². The zero-order chi connectivity index (χ0) is 20.2. The van der Waals surface area contributed by atoms with E-state index in [0.29, 0.717) is 18.3 Å². The van der Waals surface area contributed by atoms with Gasteiger partial charge in [0, 0.05) is 5.56 Å². The Morgan fingerprint density at radius 1 is 1.04 bits per heavy atom. The van der Waals surface area contributed by atoms with Crippen molar-refractivity contribution in [3.63, 3.8) is 0 Å². The van der Waals surface area contributed by atoms with Gasteiger partial charge >= 0.3 is 0 Å². The predicted molar refractivity (Wildman–Crippen MR) is 117 cm³/mol. The van der Waals surface area contributed by atoms with E-state index in [1.807, 2.05) is 19.1 Å². The number of ether oxygens (including phenoxy) is 2. The van der Waals surface area contributed by atoms with Gasteiger partial charge in [0.15, 0.2) is 0 Å². The number of hydrogen-bond acceptors (Lipinski definition) is 3. The third-order valence-electron chi connectivity index (χ3n) is 4.97. The molecule has 0 aliphatic carbocycles. The van der Waals surface area contributed by atoms with Crippen LogP contribution in [0.15, 0.2) is 12.1 Å². The first kappa shape index (κ1) is 24.2. The van der Waals surface area contributed by atoms with E-state index in [4.69, 9.17) is 9.47 Å². The number of hydrogen-bond donors (Lipinski definition) is 0. The van der Waals surface area contributed by atoms with Crippen LogP contribution < -0.4 is 9.47 Å². The molecule has 0 spiro atoms. The zero-order valence-corrected chi connectivity index (χ0v) is 19.1. The first-order chi connectivity index (χ1) is 12.9. The van der Waals surface area contributed by atoms with Crippen molar-refractivity contribution in [3.8, 4) is 11.5 Å². The van der Waals surface area contributed by atoms with E-state index in [1.165, 1.54) is 19.3 Å². The van der Waals surface area contributed by atoms with Crippen molar-refractivity contribution in [2.45, 2.75) is 78.9 Å². The van der Waals surface area contributed by atoms with E-state index in [9.17, 15) is 4.55 Å². The molecule has 27 heavy (non-hydrogen) atoms. The summed E-state index contributed by atoms with van der Waals surface area (Å²) in [7, 11) is 1.68. The number of rotatable bonds is 14. The summed E-state index contributed by atoms with van der Waals surface area (Å²) in [4.78, 5) is 0. The largest absolute Gasteiger partial charge is 0.616 e. The second-order valence-corrected chi connectivity index (χ2v) is 9.72. The van der Waals surface area contributed by atoms with E-state index in [1.54, 1.807) is 7.11 Å². The van der Waals surface area contributed by atoms with Gasteiger partial charge in [-0.15, -0.1) is 0 Å². The maximum Gasteiger partial charge on any atom is 0.134 e. The van der Waals surface area contributed by atoms with Gasteiger partial charge in [-0.05, 0) is 60.5 Å². The minimum atomic E-state index is -0.857. The lowest BCUT2D eigenvalue weighted by molar-refractivity contribution is 0.273. The second kappa shape index (κ2) is 13.3. The zero-order valence-electron chi connectivity index (χ0n) is 18.3. The molecule has 0 amide bonds. The molecule has 3 nitrogen and oxygen atoms in total. The van der Waals surface area contributed by atoms with Crippen LogP contribution in [0.1, 0.15) is 77.3 Å². The van der Waals surface area contributed by atoms with Crippen molar-refractivity contribution < 1.29 is 14.0 Å². The summed E-state index contributed by atoms with van der Waals surface area (Å²) in [5.74, 6) is 4.45. The third kappa shape index (κ3) is 9.75. The van der Waals surface area contributed by atoms with Crippen LogP contribution in [-0.4, -0.2) is 24.0 Å². The maximum absolute atomic E-state index is 12.4. The maximum atomic E-state index is 12.4. The Bertz CT molecular complexity index is 531. The molecule has 0 aliphatic heterocycles. The molecule has 4 heteroatoms. The Labute approximate surface area is 170 Å². The van der Waals surface area contributed by atoms with E-state index >= 15 is 0 Å². The van der Waals surface area contributed by atoms with Gasteiger partial charge in [0.05, 0.1) is 13.7 Å². The van der Waals surface area contributed by atoms with Crippen LogP contribution in [0.4, 0.5) is 0 Å². The fourth-order valence-electron chi connectivity index (χ4n) is 3.11. The van der Waals surface area contributed by atoms with Crippen LogP contribution >= 0.6 is 0 Å². The molecule has 0 saturated heterocycles. The lowest BCUT2D eigenvalue weighted by Crippen LogP contribution is -2.12. The molecule has 0 aromatic heterocycles. The molecule has 1 rings (SSSR count). The topological polar surface area (TPSA) is 41.5 Å². The molecule has 2 unspecified atom stereocenters. The summed E-state index contributed by atoms with van der Waals surface area (Å²) >= 11 is -0.857. The van der Waals surface area contributed by atoms with E-state index < -0.39 is 11.2 Å². The van der Waals surface area contributed by atoms with Crippen LogP contribution in [0, 0.1) is 18.8 Å². The first-order valence-electron chi connectivity index (χ1n) is 10.5. The third-order valence-corrected chi connectivity index (χ3v) is 6.34. The standard InChI is InChI=1S/C23H40O3S/c1-7-8-14-27(24)17-21-16-22(25-6)20(5)15-23(21)26-13-12-19(4)11-9-10-18(2)3/h15-16,18-19H,7-14,17H2,1-6H3. The van der Waals surface area contributed by atoms with Crippen LogP contribution in [0.3, 0.4) is 0 Å². The van der Waals surface area contributed by atoms with Crippen molar-refractivity contribution in [2.75, 3.05) is 19.5 Å². The molecule has 0 fully saturated rings. The number of unbranched alkanes of at least 4 members (excludes halogenated alkanes) is 1. The highest BCUT2D eigenvalue weighted by atomic mass is 32.2. The van der Waals surface area contributed by atoms with Crippen LogP contribution in [0.25, 0.3) is 0 Å². The van der Waals surface area contributed by atoms with Crippen molar-refractivity contribution in [1.29, 1.82) is 0 Å².